The van der Waals surface area contributed by atoms with Gasteiger partial charge in [-0.25, -0.2) is 14.4 Å². The Kier molecular flexibility index (Phi) is 5.89. The van der Waals surface area contributed by atoms with Crippen molar-refractivity contribution in [2.75, 3.05) is 0 Å². The molecule has 7 nitrogen and oxygen atoms in total. The minimum atomic E-state index is -5.26. The first-order valence-corrected chi connectivity index (χ1v) is 9.12. The van der Waals surface area contributed by atoms with Crippen molar-refractivity contribution in [1.29, 1.82) is 5.26 Å². The van der Waals surface area contributed by atoms with Gasteiger partial charge in [0.15, 0.2) is 0 Å². The number of halogens is 6. The summed E-state index contributed by atoms with van der Waals surface area (Å²) in [4.78, 5) is 34.0. The largest absolute Gasteiger partial charge is 0.419 e. The molecule has 0 fully saturated rings. The zero-order chi connectivity index (χ0) is 24.7. The summed E-state index contributed by atoms with van der Waals surface area (Å²) in [6.45, 7) is 2.01. The van der Waals surface area contributed by atoms with Gasteiger partial charge in [0.05, 0.1) is 17.2 Å². The van der Waals surface area contributed by atoms with Crippen LogP contribution in [0.4, 0.5) is 26.3 Å². The number of hydrogen-bond acceptors (Lipinski definition) is 5. The van der Waals surface area contributed by atoms with E-state index in [0.29, 0.717) is 6.07 Å². The zero-order valence-electron chi connectivity index (χ0n) is 16.8. The number of carbonyl (C=O) groups is 1. The van der Waals surface area contributed by atoms with E-state index in [1.165, 1.54) is 6.92 Å². The number of aromatic amines is 1. The Bertz CT molecular complexity index is 1340. The second-order valence-electron chi connectivity index (χ2n) is 7.01. The van der Waals surface area contributed by atoms with Crippen LogP contribution in [-0.2, 0) is 16.9 Å². The van der Waals surface area contributed by atoms with Crippen LogP contribution in [0.15, 0.2) is 29.3 Å². The second-order valence-corrected chi connectivity index (χ2v) is 7.01. The Morgan fingerprint density at radius 3 is 2.30 bits per heavy atom. The summed E-state index contributed by atoms with van der Waals surface area (Å²) in [6, 6.07) is 1.79. The van der Waals surface area contributed by atoms with E-state index in [4.69, 9.17) is 5.26 Å². The first kappa shape index (κ1) is 23.7. The van der Waals surface area contributed by atoms with Crippen LogP contribution in [0.25, 0.3) is 10.9 Å². The SMILES string of the molecule is Cc1c(C(F)(F)C(=O)N[C@@H](C)c2ncc(C#N)cn2)c(=O)[nH]c2ccc(F)c(C(F)(F)F)c12. The van der Waals surface area contributed by atoms with E-state index >= 15 is 8.78 Å². The lowest BCUT2D eigenvalue weighted by Crippen LogP contribution is -2.43. The Labute approximate surface area is 181 Å². The van der Waals surface area contributed by atoms with Crippen LogP contribution in [0.3, 0.4) is 0 Å². The molecule has 3 aromatic rings. The molecule has 0 aliphatic heterocycles. The highest BCUT2D eigenvalue weighted by atomic mass is 19.4. The molecule has 2 N–H and O–H groups in total. The Balaban J connectivity index is 2.09. The molecule has 1 atom stereocenters. The van der Waals surface area contributed by atoms with Gasteiger partial charge in [-0.3, -0.25) is 9.59 Å². The molecule has 0 spiro atoms. The minimum absolute atomic E-state index is 0.0774. The molecule has 3 rings (SSSR count). The third-order valence-electron chi connectivity index (χ3n) is 4.80. The van der Waals surface area contributed by atoms with E-state index in [9.17, 15) is 27.2 Å². The van der Waals surface area contributed by atoms with Gasteiger partial charge in [0.1, 0.15) is 23.3 Å². The molecule has 0 radical (unpaired) electrons. The van der Waals surface area contributed by atoms with Gasteiger partial charge < -0.3 is 10.3 Å². The maximum absolute atomic E-state index is 15.0. The van der Waals surface area contributed by atoms with Gasteiger partial charge in [-0.1, -0.05) is 0 Å². The van der Waals surface area contributed by atoms with E-state index in [0.717, 1.165) is 25.4 Å². The molecular weight excluding hydrogens is 456 g/mol. The molecule has 0 aliphatic rings. The molecule has 13 heteroatoms. The molecular formula is C20H13F6N5O2. The summed E-state index contributed by atoms with van der Waals surface area (Å²) in [6.07, 6.45) is -3.08. The van der Waals surface area contributed by atoms with Crippen molar-refractivity contribution in [3.63, 3.8) is 0 Å². The molecule has 0 aliphatic carbocycles. The van der Waals surface area contributed by atoms with E-state index in [-0.39, 0.29) is 11.4 Å². The van der Waals surface area contributed by atoms with Gasteiger partial charge in [0.25, 0.3) is 11.5 Å². The third kappa shape index (κ3) is 4.23. The van der Waals surface area contributed by atoms with Crippen molar-refractivity contribution < 1.29 is 31.1 Å². The maximum Gasteiger partial charge on any atom is 0.419 e. The number of benzene rings is 1. The fourth-order valence-corrected chi connectivity index (χ4v) is 3.29. The van der Waals surface area contributed by atoms with Crippen LogP contribution in [0, 0.1) is 24.1 Å². The Morgan fingerprint density at radius 2 is 1.76 bits per heavy atom. The number of aromatic nitrogens is 3. The second kappa shape index (κ2) is 8.19. The molecule has 0 bridgehead atoms. The summed E-state index contributed by atoms with van der Waals surface area (Å²) in [7, 11) is 0. The average molecular weight is 469 g/mol. The summed E-state index contributed by atoms with van der Waals surface area (Å²) in [5.41, 5.74) is -6.26. The summed E-state index contributed by atoms with van der Waals surface area (Å²) >= 11 is 0. The number of carbonyl (C=O) groups excluding carboxylic acids is 1. The third-order valence-corrected chi connectivity index (χ3v) is 4.80. The predicted octanol–water partition coefficient (Wildman–Crippen LogP) is 3.63. The van der Waals surface area contributed by atoms with Gasteiger partial charge in [-0.2, -0.15) is 27.2 Å². The Morgan fingerprint density at radius 1 is 1.15 bits per heavy atom. The van der Waals surface area contributed by atoms with Gasteiger partial charge in [-0.15, -0.1) is 0 Å². The number of nitrogens with one attached hydrogen (secondary N) is 2. The molecule has 2 heterocycles. The zero-order valence-corrected chi connectivity index (χ0v) is 16.8. The van der Waals surface area contributed by atoms with Gasteiger partial charge in [-0.05, 0) is 31.5 Å². The van der Waals surface area contributed by atoms with Gasteiger partial charge in [0, 0.05) is 23.3 Å². The van der Waals surface area contributed by atoms with E-state index in [1.807, 2.05) is 10.3 Å². The van der Waals surface area contributed by atoms with Crippen molar-refractivity contribution in [3.05, 3.63) is 68.8 Å². The van der Waals surface area contributed by atoms with E-state index in [2.05, 4.69) is 9.97 Å². The lowest BCUT2D eigenvalue weighted by atomic mass is 9.95. The number of alkyl halides is 5. The number of pyridine rings is 1. The number of rotatable bonds is 4. The highest BCUT2D eigenvalue weighted by Crippen LogP contribution is 2.40. The van der Waals surface area contributed by atoms with Crippen molar-refractivity contribution >= 4 is 16.8 Å². The molecule has 33 heavy (non-hydrogen) atoms. The van der Waals surface area contributed by atoms with Crippen LogP contribution in [-0.4, -0.2) is 20.9 Å². The number of amides is 1. The molecule has 1 aromatic carbocycles. The number of fused-ring (bicyclic) bond motifs is 1. The number of aryl methyl sites for hydroxylation is 1. The average Bonchev–Trinajstić information content (AvgIpc) is 2.73. The molecule has 1 amide bonds. The van der Waals surface area contributed by atoms with Crippen LogP contribution < -0.4 is 10.9 Å². The highest BCUT2D eigenvalue weighted by Gasteiger charge is 2.47. The fraction of sp³-hybridized carbons (Fsp3) is 0.250. The summed E-state index contributed by atoms with van der Waals surface area (Å²) < 4.78 is 84.3. The molecule has 0 saturated carbocycles. The standard InChI is InChI=1S/C20H13F6N5O2/c1-8-13-12(4-3-11(21)15(13)20(24,25)26)31-17(32)14(8)19(22,23)18(33)30-9(2)16-28-6-10(5-27)7-29-16/h3-4,6-7,9H,1-2H3,(H,30,33)(H,31,32)/t9-/m0/s1. The van der Waals surface area contributed by atoms with E-state index in [1.54, 1.807) is 6.07 Å². The van der Waals surface area contributed by atoms with Crippen molar-refractivity contribution in [2.24, 2.45) is 0 Å². The minimum Gasteiger partial charge on any atom is -0.341 e. The van der Waals surface area contributed by atoms with Crippen LogP contribution in [0.1, 0.15) is 41.0 Å². The quantitative estimate of drug-likeness (QED) is 0.567. The molecule has 2 aromatic heterocycles. The van der Waals surface area contributed by atoms with Gasteiger partial charge in [0.2, 0.25) is 0 Å². The lowest BCUT2D eigenvalue weighted by molar-refractivity contribution is -0.148. The normalized spacial score (nSPS) is 12.9. The summed E-state index contributed by atoms with van der Waals surface area (Å²) in [5, 5.41) is 9.63. The number of nitrogens with zero attached hydrogens (tertiary/aromatic N) is 3. The Hall–Kier alpha value is -3.95. The number of H-pyrrole nitrogens is 1. The highest BCUT2D eigenvalue weighted by molar-refractivity contribution is 5.91. The smallest absolute Gasteiger partial charge is 0.341 e. The van der Waals surface area contributed by atoms with Gasteiger partial charge >= 0.3 is 12.1 Å². The first-order chi connectivity index (χ1) is 15.3. The lowest BCUT2D eigenvalue weighted by Gasteiger charge is -2.22. The summed E-state index contributed by atoms with van der Waals surface area (Å²) in [5.74, 6) is -8.47. The first-order valence-electron chi connectivity index (χ1n) is 9.12. The van der Waals surface area contributed by atoms with Crippen molar-refractivity contribution in [1.82, 2.24) is 20.3 Å². The topological polar surface area (TPSA) is 112 Å². The fourth-order valence-electron chi connectivity index (χ4n) is 3.29. The number of hydrogen-bond donors (Lipinski definition) is 2. The molecule has 172 valence electrons. The number of nitriles is 1. The predicted molar refractivity (Wildman–Crippen MR) is 101 cm³/mol. The van der Waals surface area contributed by atoms with Crippen LogP contribution in [0.2, 0.25) is 0 Å². The maximum atomic E-state index is 15.0. The van der Waals surface area contributed by atoms with E-state index < -0.39 is 63.0 Å². The molecule has 0 saturated heterocycles. The van der Waals surface area contributed by atoms with Crippen molar-refractivity contribution in [2.45, 2.75) is 32.0 Å². The van der Waals surface area contributed by atoms with Crippen LogP contribution >= 0.6 is 0 Å². The van der Waals surface area contributed by atoms with Crippen LogP contribution in [0.5, 0.6) is 0 Å². The molecule has 0 unspecified atom stereocenters. The van der Waals surface area contributed by atoms with Crippen molar-refractivity contribution in [3.8, 4) is 6.07 Å². The monoisotopic (exact) mass is 469 g/mol.